The minimum absolute atomic E-state index is 0. The molecule has 0 saturated heterocycles. The molecule has 46 valence electrons. The zero-order chi connectivity index (χ0) is 4.24. The summed E-state index contributed by atoms with van der Waals surface area (Å²) in [6.07, 6.45) is 0. The maximum atomic E-state index is 2.00. The van der Waals surface area contributed by atoms with Crippen molar-refractivity contribution in [3.63, 3.8) is 0 Å². The van der Waals surface area contributed by atoms with Gasteiger partial charge in [-0.15, -0.1) is 0 Å². The van der Waals surface area contributed by atoms with Gasteiger partial charge < -0.3 is 9.41 Å². The Morgan fingerprint density at radius 1 is 0.444 bits per heavy atom. The van der Waals surface area contributed by atoms with Crippen LogP contribution in [0.3, 0.4) is 0 Å². The van der Waals surface area contributed by atoms with Gasteiger partial charge in [0.2, 0.25) is 0 Å². The second-order valence-corrected chi connectivity index (χ2v) is 1.15. The Labute approximate surface area is 69.2 Å². The Morgan fingerprint density at radius 3 is 0.667 bits per heavy atom. The van der Waals surface area contributed by atoms with Crippen LogP contribution in [0, 0.1) is 0 Å². The summed E-state index contributed by atoms with van der Waals surface area (Å²) in [4.78, 5) is 0. The molecule has 3 heteroatoms. The van der Waals surface area contributed by atoms with E-state index in [1.165, 1.54) is 0 Å². The fourth-order valence-electron chi connectivity index (χ4n) is 0.385. The first kappa shape index (κ1) is 15.9. The molecule has 0 fully saturated rings. The first-order valence-electron chi connectivity index (χ1n) is 2.00. The standard InChI is InChI=1S/C6H6.2FH.Mg/c1-2-4-6-5-3-1;;;/h1-6H;2*1H;/q;;;+2/p-2. The van der Waals surface area contributed by atoms with Crippen molar-refractivity contribution in [2.24, 2.45) is 0 Å². The van der Waals surface area contributed by atoms with Gasteiger partial charge in [-0.1, -0.05) is 36.4 Å². The Bertz CT molecular complexity index is 83.0. The van der Waals surface area contributed by atoms with E-state index in [9.17, 15) is 0 Å². The molecule has 1 aromatic carbocycles. The van der Waals surface area contributed by atoms with Gasteiger partial charge >= 0.3 is 23.1 Å². The molecule has 0 aromatic heterocycles. The zero-order valence-electron chi connectivity index (χ0n) is 4.93. The van der Waals surface area contributed by atoms with E-state index in [-0.39, 0.29) is 32.5 Å². The van der Waals surface area contributed by atoms with E-state index >= 15 is 0 Å². The molecule has 0 N–H and O–H groups in total. The summed E-state index contributed by atoms with van der Waals surface area (Å²) in [5.74, 6) is 0. The number of benzene rings is 1. The fourth-order valence-corrected chi connectivity index (χ4v) is 0.385. The summed E-state index contributed by atoms with van der Waals surface area (Å²) < 4.78 is 0. The van der Waals surface area contributed by atoms with Crippen molar-refractivity contribution in [2.45, 2.75) is 0 Å². The van der Waals surface area contributed by atoms with Crippen molar-refractivity contribution < 1.29 is 9.41 Å². The summed E-state index contributed by atoms with van der Waals surface area (Å²) >= 11 is 0. The van der Waals surface area contributed by atoms with Crippen LogP contribution in [0.1, 0.15) is 0 Å². The summed E-state index contributed by atoms with van der Waals surface area (Å²) in [6.45, 7) is 0. The zero-order valence-corrected chi connectivity index (χ0v) is 6.34. The molecule has 0 spiro atoms. The van der Waals surface area contributed by atoms with Crippen molar-refractivity contribution in [3.05, 3.63) is 36.4 Å². The third kappa shape index (κ3) is 7.85. The molecule has 0 aliphatic carbocycles. The van der Waals surface area contributed by atoms with E-state index < -0.39 is 0 Å². The minimum Gasteiger partial charge on any atom is -1.00 e. The van der Waals surface area contributed by atoms with Gasteiger partial charge in [0.1, 0.15) is 0 Å². The first-order chi connectivity index (χ1) is 3.00. The molecule has 1 rings (SSSR count). The molecule has 0 radical (unpaired) electrons. The molecule has 0 aliphatic heterocycles. The van der Waals surface area contributed by atoms with Gasteiger partial charge in [-0.2, -0.15) is 0 Å². The molecule has 9 heavy (non-hydrogen) atoms. The topological polar surface area (TPSA) is 0 Å². The van der Waals surface area contributed by atoms with Gasteiger partial charge in [0.25, 0.3) is 0 Å². The van der Waals surface area contributed by atoms with E-state index in [0.29, 0.717) is 0 Å². The third-order valence-corrected chi connectivity index (χ3v) is 0.667. The van der Waals surface area contributed by atoms with Crippen LogP contribution in [-0.4, -0.2) is 23.1 Å². The largest absolute Gasteiger partial charge is 2.00 e. The minimum atomic E-state index is 0. The van der Waals surface area contributed by atoms with Crippen LogP contribution in [0.15, 0.2) is 36.4 Å². The van der Waals surface area contributed by atoms with Crippen LogP contribution in [0.2, 0.25) is 0 Å². The molecule has 0 atom stereocenters. The number of hydrogen-bond acceptors (Lipinski definition) is 0. The summed E-state index contributed by atoms with van der Waals surface area (Å²) in [6, 6.07) is 12.0. The van der Waals surface area contributed by atoms with E-state index in [2.05, 4.69) is 0 Å². The molecule has 0 nitrogen and oxygen atoms in total. The molecular weight excluding hydrogens is 134 g/mol. The molecule has 0 heterocycles. The van der Waals surface area contributed by atoms with Crippen molar-refractivity contribution in [2.75, 3.05) is 0 Å². The van der Waals surface area contributed by atoms with Gasteiger partial charge in [-0.3, -0.25) is 0 Å². The number of hydrogen-bond donors (Lipinski definition) is 0. The van der Waals surface area contributed by atoms with Gasteiger partial charge in [-0.25, -0.2) is 0 Å². The normalized spacial score (nSPS) is 5.33. The maximum absolute atomic E-state index is 2.00. The predicted molar refractivity (Wildman–Crippen MR) is 32.2 cm³/mol. The quantitative estimate of drug-likeness (QED) is 0.318. The molecule has 0 unspecified atom stereocenters. The van der Waals surface area contributed by atoms with E-state index in [0.717, 1.165) is 0 Å². The van der Waals surface area contributed by atoms with Crippen LogP contribution in [0.25, 0.3) is 0 Å². The molecular formula is C6H6F2Mg. The smallest absolute Gasteiger partial charge is 1.00 e. The maximum Gasteiger partial charge on any atom is 2.00 e. The predicted octanol–water partition coefficient (Wildman–Crippen LogP) is -4.69. The number of rotatable bonds is 0. The first-order valence-corrected chi connectivity index (χ1v) is 2.00. The van der Waals surface area contributed by atoms with Gasteiger partial charge in [-0.05, 0) is 0 Å². The Kier molecular flexibility index (Phi) is 19.1. The van der Waals surface area contributed by atoms with Crippen LogP contribution in [-0.2, 0) is 0 Å². The van der Waals surface area contributed by atoms with Crippen molar-refractivity contribution in [3.8, 4) is 0 Å². The number of halogens is 2. The van der Waals surface area contributed by atoms with Crippen molar-refractivity contribution >= 4 is 23.1 Å². The fraction of sp³-hybridized carbons (Fsp3) is 0. The van der Waals surface area contributed by atoms with Crippen LogP contribution < -0.4 is 9.41 Å². The Hall–Kier alpha value is -0.154. The molecule has 0 aliphatic rings. The second-order valence-electron chi connectivity index (χ2n) is 1.15. The molecule has 0 amide bonds. The molecule has 1 aromatic rings. The monoisotopic (exact) mass is 140 g/mol. The summed E-state index contributed by atoms with van der Waals surface area (Å²) in [5.41, 5.74) is 0. The molecule has 0 saturated carbocycles. The average Bonchev–Trinajstić information content (AvgIpc) is 1.72. The van der Waals surface area contributed by atoms with E-state index in [4.69, 9.17) is 0 Å². The van der Waals surface area contributed by atoms with Gasteiger partial charge in [0.15, 0.2) is 0 Å². The third-order valence-electron chi connectivity index (χ3n) is 0.667. The Morgan fingerprint density at radius 2 is 0.556 bits per heavy atom. The SMILES string of the molecule is [F-].[F-].[Mg+2].c1ccccc1. The van der Waals surface area contributed by atoms with Gasteiger partial charge in [0, 0.05) is 0 Å². The Balaban J connectivity index is -0.000000120. The molecule has 0 bridgehead atoms. The van der Waals surface area contributed by atoms with Crippen LogP contribution in [0.5, 0.6) is 0 Å². The van der Waals surface area contributed by atoms with E-state index in [1.54, 1.807) is 0 Å². The van der Waals surface area contributed by atoms with Crippen molar-refractivity contribution in [1.29, 1.82) is 0 Å². The van der Waals surface area contributed by atoms with Crippen LogP contribution >= 0.6 is 0 Å². The average molecular weight is 140 g/mol. The second kappa shape index (κ2) is 10.8. The van der Waals surface area contributed by atoms with Gasteiger partial charge in [0.05, 0.1) is 0 Å². The van der Waals surface area contributed by atoms with E-state index in [1.807, 2.05) is 36.4 Å². The summed E-state index contributed by atoms with van der Waals surface area (Å²) in [5, 5.41) is 0. The van der Waals surface area contributed by atoms with Crippen LogP contribution in [0.4, 0.5) is 0 Å². The van der Waals surface area contributed by atoms with Crippen molar-refractivity contribution in [1.82, 2.24) is 0 Å². The summed E-state index contributed by atoms with van der Waals surface area (Å²) in [7, 11) is 0.